The molecule has 0 unspecified atom stereocenters. The largest absolute Gasteiger partial charge is 0.431 e. The van der Waals surface area contributed by atoms with Crippen LogP contribution in [0, 0.1) is 5.82 Å². The van der Waals surface area contributed by atoms with Crippen molar-refractivity contribution >= 4 is 17.8 Å². The van der Waals surface area contributed by atoms with Crippen LogP contribution in [0.2, 0.25) is 5.02 Å². The number of aromatic nitrogens is 2. The lowest BCUT2D eigenvalue weighted by atomic mass is 10.2. The average molecular weight is 366 g/mol. The Morgan fingerprint density at radius 2 is 2.00 bits per heavy atom. The Balaban J connectivity index is 2.73. The number of hydrogen-bond donors (Lipinski definition) is 1. The first kappa shape index (κ1) is 17.7. The van der Waals surface area contributed by atoms with Crippen molar-refractivity contribution in [3.05, 3.63) is 61.1 Å². The molecule has 0 spiro atoms. The van der Waals surface area contributed by atoms with Gasteiger partial charge in [-0.05, 0) is 12.1 Å². The lowest BCUT2D eigenvalue weighted by Gasteiger charge is -2.11. The Kier molecular flexibility index (Phi) is 4.78. The van der Waals surface area contributed by atoms with Crippen LogP contribution in [0.3, 0.4) is 0 Å². The van der Waals surface area contributed by atoms with Crippen LogP contribution in [0.4, 0.5) is 17.6 Å². The van der Waals surface area contributed by atoms with E-state index >= 15 is 0 Å². The number of rotatable bonds is 3. The molecular weight excluding hydrogens is 358 g/mol. The number of nitrogens with zero attached hydrogens (tertiary/aromatic N) is 2. The summed E-state index contributed by atoms with van der Waals surface area (Å²) in [5, 5.41) is 3.21. The molecule has 24 heavy (non-hydrogen) atoms. The van der Waals surface area contributed by atoms with E-state index in [0.29, 0.717) is 0 Å². The number of alkyl halides is 3. The van der Waals surface area contributed by atoms with E-state index in [4.69, 9.17) is 11.6 Å². The first-order chi connectivity index (χ1) is 11.2. The molecule has 1 heterocycles. The zero-order chi connectivity index (χ0) is 18.1. The van der Waals surface area contributed by atoms with Crippen LogP contribution >= 0.6 is 11.6 Å². The van der Waals surface area contributed by atoms with E-state index in [1.807, 2.05) is 0 Å². The third-order valence-corrected chi connectivity index (χ3v) is 3.20. The van der Waals surface area contributed by atoms with Crippen molar-refractivity contribution in [3.63, 3.8) is 0 Å². The van der Waals surface area contributed by atoms with Gasteiger partial charge in [0, 0.05) is 6.07 Å². The van der Waals surface area contributed by atoms with Crippen molar-refractivity contribution in [2.75, 3.05) is 7.11 Å². The Hall–Kier alpha value is -2.62. The monoisotopic (exact) mass is 365 g/mol. The minimum absolute atomic E-state index is 0.103. The Morgan fingerprint density at radius 1 is 1.33 bits per heavy atom. The standard InChI is InChI=1S/C13H8ClF4N3O3/c1-24-19-5-6-7(14)2-3-8(11(6)15)21-10(22)4-9(13(16,17)18)20-12(21)23/h2-5H,1H3,(H,20,23)/b19-5+. The van der Waals surface area contributed by atoms with Gasteiger partial charge in [-0.15, -0.1) is 0 Å². The van der Waals surface area contributed by atoms with Crippen LogP contribution in [0.25, 0.3) is 5.69 Å². The number of nitrogens with one attached hydrogen (secondary N) is 1. The van der Waals surface area contributed by atoms with Crippen molar-refractivity contribution < 1.29 is 22.4 Å². The first-order valence-electron chi connectivity index (χ1n) is 6.15. The molecular formula is C13H8ClF4N3O3. The summed E-state index contributed by atoms with van der Waals surface area (Å²) in [5.41, 5.74) is -5.24. The molecule has 1 aromatic carbocycles. The van der Waals surface area contributed by atoms with Gasteiger partial charge in [0.25, 0.3) is 5.56 Å². The number of H-pyrrole nitrogens is 1. The molecule has 2 aromatic rings. The minimum Gasteiger partial charge on any atom is -0.399 e. The Bertz CT molecular complexity index is 887. The van der Waals surface area contributed by atoms with Gasteiger partial charge in [0.15, 0.2) is 5.82 Å². The Morgan fingerprint density at radius 3 is 2.54 bits per heavy atom. The predicted octanol–water partition coefficient (Wildman–Crippen LogP) is 2.32. The van der Waals surface area contributed by atoms with Crippen molar-refractivity contribution in [3.8, 4) is 5.69 Å². The van der Waals surface area contributed by atoms with Gasteiger partial charge < -0.3 is 9.82 Å². The number of hydrogen-bond acceptors (Lipinski definition) is 4. The second-order valence-corrected chi connectivity index (χ2v) is 4.78. The molecule has 0 saturated carbocycles. The summed E-state index contributed by atoms with van der Waals surface area (Å²) in [6.07, 6.45) is -4.03. The molecule has 0 saturated heterocycles. The van der Waals surface area contributed by atoms with E-state index in [1.165, 1.54) is 12.1 Å². The topological polar surface area (TPSA) is 76.5 Å². The minimum atomic E-state index is -4.92. The van der Waals surface area contributed by atoms with E-state index in [-0.39, 0.29) is 21.2 Å². The van der Waals surface area contributed by atoms with E-state index in [1.54, 1.807) is 0 Å². The molecule has 0 amide bonds. The second kappa shape index (κ2) is 6.48. The van der Waals surface area contributed by atoms with Gasteiger partial charge >= 0.3 is 11.9 Å². The van der Waals surface area contributed by atoms with Gasteiger partial charge in [-0.3, -0.25) is 4.79 Å². The molecule has 0 aliphatic heterocycles. The van der Waals surface area contributed by atoms with E-state index in [2.05, 4.69) is 9.99 Å². The zero-order valence-corrected chi connectivity index (χ0v) is 12.6. The number of oxime groups is 1. The van der Waals surface area contributed by atoms with E-state index in [0.717, 1.165) is 18.3 Å². The molecule has 11 heteroatoms. The summed E-state index contributed by atoms with van der Waals surface area (Å²) in [6.45, 7) is 0. The highest BCUT2D eigenvalue weighted by molar-refractivity contribution is 6.33. The van der Waals surface area contributed by atoms with Crippen LogP contribution in [-0.2, 0) is 11.0 Å². The lowest BCUT2D eigenvalue weighted by Crippen LogP contribution is -2.36. The molecule has 0 bridgehead atoms. The third-order valence-electron chi connectivity index (χ3n) is 2.87. The summed E-state index contributed by atoms with van der Waals surface area (Å²) < 4.78 is 52.4. The fraction of sp³-hybridized carbons (Fsp3) is 0.154. The summed E-state index contributed by atoms with van der Waals surface area (Å²) in [7, 11) is 1.19. The maximum absolute atomic E-state index is 14.5. The first-order valence-corrected chi connectivity index (χ1v) is 6.53. The Labute approximate surface area is 135 Å². The molecule has 1 aromatic heterocycles. The quantitative estimate of drug-likeness (QED) is 0.515. The summed E-state index contributed by atoms with van der Waals surface area (Å²) >= 11 is 5.78. The van der Waals surface area contributed by atoms with Crippen LogP contribution in [-0.4, -0.2) is 22.9 Å². The van der Waals surface area contributed by atoms with Gasteiger partial charge in [0.2, 0.25) is 0 Å². The van der Waals surface area contributed by atoms with Crippen molar-refractivity contribution in [2.45, 2.75) is 6.18 Å². The molecule has 6 nitrogen and oxygen atoms in total. The molecule has 0 fully saturated rings. The normalized spacial score (nSPS) is 11.9. The highest BCUT2D eigenvalue weighted by Crippen LogP contribution is 2.26. The van der Waals surface area contributed by atoms with Crippen molar-refractivity contribution in [2.24, 2.45) is 5.16 Å². The number of aromatic amines is 1. The SMILES string of the molecule is CO/N=C/c1c(Cl)ccc(-n2c(=O)cc(C(F)(F)F)[nH]c2=O)c1F. The highest BCUT2D eigenvalue weighted by atomic mass is 35.5. The fourth-order valence-corrected chi connectivity index (χ4v) is 2.03. The smallest absolute Gasteiger partial charge is 0.399 e. The van der Waals surface area contributed by atoms with Gasteiger partial charge in [0.05, 0.1) is 22.5 Å². The van der Waals surface area contributed by atoms with Gasteiger partial charge in [-0.25, -0.2) is 13.8 Å². The van der Waals surface area contributed by atoms with Crippen LogP contribution in [0.15, 0.2) is 32.9 Å². The number of halogens is 5. The van der Waals surface area contributed by atoms with E-state index in [9.17, 15) is 27.2 Å². The molecule has 0 aliphatic rings. The van der Waals surface area contributed by atoms with Gasteiger partial charge in [-0.2, -0.15) is 13.2 Å². The lowest BCUT2D eigenvalue weighted by molar-refractivity contribution is -0.141. The second-order valence-electron chi connectivity index (χ2n) is 4.37. The zero-order valence-electron chi connectivity index (χ0n) is 11.8. The summed E-state index contributed by atoms with van der Waals surface area (Å²) in [4.78, 5) is 29.5. The molecule has 128 valence electrons. The highest BCUT2D eigenvalue weighted by Gasteiger charge is 2.33. The van der Waals surface area contributed by atoms with Crippen LogP contribution < -0.4 is 11.2 Å². The average Bonchev–Trinajstić information content (AvgIpc) is 2.47. The molecule has 1 N–H and O–H groups in total. The predicted molar refractivity (Wildman–Crippen MR) is 77.2 cm³/mol. The molecule has 0 aliphatic carbocycles. The summed E-state index contributed by atoms with van der Waals surface area (Å²) in [6, 6.07) is 2.28. The summed E-state index contributed by atoms with van der Waals surface area (Å²) in [5.74, 6) is -1.13. The van der Waals surface area contributed by atoms with Gasteiger partial charge in [0.1, 0.15) is 12.8 Å². The fourth-order valence-electron chi connectivity index (χ4n) is 1.83. The van der Waals surface area contributed by atoms with Crippen molar-refractivity contribution in [1.29, 1.82) is 0 Å². The molecule has 2 rings (SSSR count). The van der Waals surface area contributed by atoms with Crippen molar-refractivity contribution in [1.82, 2.24) is 9.55 Å². The third kappa shape index (κ3) is 3.32. The maximum atomic E-state index is 14.5. The van der Waals surface area contributed by atoms with Gasteiger partial charge in [-0.1, -0.05) is 16.8 Å². The maximum Gasteiger partial charge on any atom is 0.431 e. The molecule has 0 radical (unpaired) electrons. The molecule has 0 atom stereocenters. The van der Waals surface area contributed by atoms with Crippen LogP contribution in [0.1, 0.15) is 11.3 Å². The van der Waals surface area contributed by atoms with Crippen LogP contribution in [0.5, 0.6) is 0 Å². The van der Waals surface area contributed by atoms with E-state index < -0.39 is 34.6 Å². The number of benzene rings is 1.